The largest absolute Gasteiger partial charge is 0.393 e. The number of aromatic nitrogens is 2. The van der Waals surface area contributed by atoms with Gasteiger partial charge in [-0.1, -0.05) is 91.3 Å². The Balaban J connectivity index is 0.983. The molecule has 0 bridgehead atoms. The summed E-state index contributed by atoms with van der Waals surface area (Å²) < 4.78 is 15.0. The lowest BCUT2D eigenvalue weighted by molar-refractivity contribution is -0.262. The molecule has 8 fully saturated rings. The van der Waals surface area contributed by atoms with Crippen LogP contribution in [0.3, 0.4) is 0 Å². The van der Waals surface area contributed by atoms with Crippen LogP contribution >= 0.6 is 0 Å². The van der Waals surface area contributed by atoms with Gasteiger partial charge in [0, 0.05) is 72.5 Å². The monoisotopic (exact) mass is 1110 g/mol. The number of carbonyl (C=O) groups is 3. The van der Waals surface area contributed by atoms with Gasteiger partial charge in [-0.2, -0.15) is 0 Å². The molecule has 3 aliphatic heterocycles. The number of aryl methyl sites for hydroxylation is 1. The van der Waals surface area contributed by atoms with Gasteiger partial charge in [-0.15, -0.1) is 0 Å². The highest BCUT2D eigenvalue weighted by molar-refractivity contribution is 6.02. The number of nitrogens with one attached hydrogen (secondary N) is 2. The number of carbonyl (C=O) groups excluding carboxylic acids is 3. The minimum Gasteiger partial charge on any atom is -0.393 e. The molecule has 3 aromatic rings. The van der Waals surface area contributed by atoms with E-state index in [4.69, 9.17) is 9.47 Å². The first-order valence-electron chi connectivity index (χ1n) is 32.3. The summed E-state index contributed by atoms with van der Waals surface area (Å²) >= 11 is 0. The minimum atomic E-state index is -1.09. The molecule has 81 heavy (non-hydrogen) atoms. The highest BCUT2D eigenvalue weighted by Gasteiger charge is 2.77. The summed E-state index contributed by atoms with van der Waals surface area (Å²) in [7, 11) is 1.95. The number of ketones is 2. The number of aromatic amines is 1. The predicted octanol–water partition coefficient (Wildman–Crippen LogP) is 11.4. The Morgan fingerprint density at radius 3 is 2.32 bits per heavy atom. The Bertz CT molecular complexity index is 3030. The van der Waals surface area contributed by atoms with Crippen molar-refractivity contribution in [1.29, 1.82) is 0 Å². The summed E-state index contributed by atoms with van der Waals surface area (Å²) in [5, 5.41) is 54.7. The molecule has 2 aromatic heterocycles. The average molecular weight is 1110 g/mol. The highest BCUT2D eigenvalue weighted by atomic mass is 16.6. The molecule has 1 aromatic carbocycles. The van der Waals surface area contributed by atoms with E-state index in [9.17, 15) is 25.2 Å². The Kier molecular flexibility index (Phi) is 13.6. The predicted molar refractivity (Wildman–Crippen MR) is 313 cm³/mol. The Hall–Kier alpha value is -3.49. The lowest BCUT2D eigenvalue weighted by Gasteiger charge is -2.74. The van der Waals surface area contributed by atoms with Crippen LogP contribution in [0.15, 0.2) is 41.7 Å². The van der Waals surface area contributed by atoms with Crippen LogP contribution in [0.5, 0.6) is 0 Å². The van der Waals surface area contributed by atoms with Gasteiger partial charge in [0.1, 0.15) is 18.2 Å². The number of aliphatic hydroxyl groups excluding tert-OH is 3. The third-order valence-electron chi connectivity index (χ3n) is 26.1. The number of aliphatic hydroxyl groups is 4. The first-order chi connectivity index (χ1) is 38.4. The van der Waals surface area contributed by atoms with Crippen molar-refractivity contribution in [3.05, 3.63) is 69.6 Å². The van der Waals surface area contributed by atoms with Crippen molar-refractivity contribution >= 4 is 28.9 Å². The second kappa shape index (κ2) is 19.5. The quantitative estimate of drug-likeness (QED) is 0.0797. The summed E-state index contributed by atoms with van der Waals surface area (Å²) in [4.78, 5) is 48.9. The van der Waals surface area contributed by atoms with E-state index in [1.165, 1.54) is 18.4 Å². The zero-order valence-electron chi connectivity index (χ0n) is 50.3. The molecule has 5 heterocycles. The molecule has 12 heteroatoms. The van der Waals surface area contributed by atoms with Gasteiger partial charge in [-0.3, -0.25) is 9.59 Å². The number of hydrogen-bond donors (Lipinski definition) is 6. The molecule has 0 amide bonds. The van der Waals surface area contributed by atoms with Crippen molar-refractivity contribution in [1.82, 2.24) is 14.9 Å². The molecule has 15 atom stereocenters. The highest BCUT2D eigenvalue weighted by Crippen LogP contribution is 2.80. The van der Waals surface area contributed by atoms with Crippen LogP contribution < -0.4 is 5.32 Å². The third kappa shape index (κ3) is 8.35. The van der Waals surface area contributed by atoms with Crippen LogP contribution in [-0.2, 0) is 42.4 Å². The molecule has 0 radical (unpaired) electrons. The minimum absolute atomic E-state index is 0.0543. The van der Waals surface area contributed by atoms with Crippen molar-refractivity contribution in [2.45, 2.75) is 256 Å². The smallest absolute Gasteiger partial charge is 0.160 e. The number of benzene rings is 1. The van der Waals surface area contributed by atoms with Crippen molar-refractivity contribution in [3.63, 3.8) is 0 Å². The van der Waals surface area contributed by atoms with Crippen LogP contribution in [0.1, 0.15) is 229 Å². The van der Waals surface area contributed by atoms with E-state index in [0.717, 1.165) is 121 Å². The summed E-state index contributed by atoms with van der Waals surface area (Å²) in [5.41, 5.74) is 2.92. The van der Waals surface area contributed by atoms with Gasteiger partial charge < -0.3 is 49.6 Å². The number of allylic oxidation sites excluding steroid dienone is 1. The van der Waals surface area contributed by atoms with Crippen LogP contribution in [0, 0.1) is 50.2 Å². The fraction of sp³-hybridized carbons (Fsp3) is 0.754. The maximum atomic E-state index is 15.8. The first-order valence-corrected chi connectivity index (χ1v) is 32.3. The molecular formula is C69H97N3O9. The molecule has 10 aliphatic rings. The molecule has 442 valence electrons. The molecule has 6 N–H and O–H groups in total. The summed E-state index contributed by atoms with van der Waals surface area (Å²) in [5.74, 6) is -0.857. The van der Waals surface area contributed by atoms with E-state index in [2.05, 4.69) is 80.1 Å². The fourth-order valence-electron chi connectivity index (χ4n) is 21.7. The molecule has 2 saturated heterocycles. The fourth-order valence-corrected chi connectivity index (χ4v) is 21.7. The van der Waals surface area contributed by atoms with E-state index < -0.39 is 73.8 Å². The number of fused-ring (bicyclic) bond motifs is 5. The number of H-pyrrole nitrogens is 1. The van der Waals surface area contributed by atoms with Crippen molar-refractivity contribution in [3.8, 4) is 0 Å². The van der Waals surface area contributed by atoms with Gasteiger partial charge in [0.05, 0.1) is 58.7 Å². The molecule has 6 saturated carbocycles. The average Bonchev–Trinajstić information content (AvgIpc) is 1.79. The first kappa shape index (κ1) is 56.6. The van der Waals surface area contributed by atoms with E-state index in [0.29, 0.717) is 89.8 Å². The van der Waals surface area contributed by atoms with E-state index in [1.807, 2.05) is 20.9 Å². The Labute approximate surface area is 481 Å². The van der Waals surface area contributed by atoms with E-state index in [1.54, 1.807) is 0 Å². The maximum absolute atomic E-state index is 15.8. The number of rotatable bonds is 11. The SMILES string of the molecule is CNCC[C@]1(C)C(=O)C[C@]2(CC[C@@H](O)C2)[C@@]2(C)[C@H]3[C@H](O)[C@H]4Cn5cc([C@H](C=O)c6cc(C7CCCCC7)cc([C@]7(O)CCOC8(CCCCC8)C7)c6)c6[nH]cc(c65)CC[C@@](C)(C[C@@H](O)[C@H]5OC5(C)C)C5=C4[C@](C)(CC5=O)[C@@]3(C)CC[C@H]21. The lowest BCUT2D eigenvalue weighted by Crippen LogP contribution is -2.72. The van der Waals surface area contributed by atoms with Crippen molar-refractivity contribution in [2.24, 2.45) is 50.2 Å². The lowest BCUT2D eigenvalue weighted by atomic mass is 9.30. The van der Waals surface area contributed by atoms with E-state index >= 15 is 9.59 Å². The van der Waals surface area contributed by atoms with Crippen LogP contribution in [0.4, 0.5) is 0 Å². The van der Waals surface area contributed by atoms with Gasteiger partial charge in [0.15, 0.2) is 5.78 Å². The number of Topliss-reactive ketones (excluding diaryl/α,β-unsaturated/α-hetero) is 2. The van der Waals surface area contributed by atoms with Crippen molar-refractivity contribution < 1.29 is 44.3 Å². The molecule has 0 unspecified atom stereocenters. The normalized spacial score (nSPS) is 41.7. The van der Waals surface area contributed by atoms with Gasteiger partial charge in [0.25, 0.3) is 0 Å². The van der Waals surface area contributed by atoms with Crippen LogP contribution in [0.2, 0.25) is 0 Å². The third-order valence-corrected chi connectivity index (χ3v) is 26.1. The number of aldehydes is 1. The number of nitrogens with zero attached hydrogens (tertiary/aromatic N) is 1. The summed E-state index contributed by atoms with van der Waals surface area (Å²) in [6.07, 6.45) is 21.1. The zero-order valence-corrected chi connectivity index (χ0v) is 50.3. The Morgan fingerprint density at radius 1 is 0.889 bits per heavy atom. The standard InChI is InChI=1S/C69H97N3O9/c1-61(2)60(81-61)51(76)33-62(3)22-17-42-36-71-56-47(49(39-73)44-29-43(41-15-11-9-12-16-41)30-45(31-44)69(79)26-28-80-68(40-69)20-13-10-14-21-68)37-72(57(42)56)38-48-54-55(62)50(75)34-65(54,6)64(5)23-19-52-63(4,25-27-70-8)53(77)35-67(24-18-46(74)32-67)66(52,7)59(64)58(48)78/h29-31,36-37,39,41,46,48-49,51-52,58-60,70-71,74,76,78-79H,9-28,32-35,38,40H2,1-8H3/t46-,48+,49-,51-,52+,58-,59+,60-,62+,63+,64+,65+,66-,67-,69+/m1/s1. The number of hydrogen-bond acceptors (Lipinski definition) is 10. The second-order valence-electron chi connectivity index (χ2n) is 30.8. The van der Waals surface area contributed by atoms with Gasteiger partial charge in [-0.05, 0) is 178 Å². The second-order valence-corrected chi connectivity index (χ2v) is 30.8. The molecule has 2 spiro atoms. The van der Waals surface area contributed by atoms with Crippen LogP contribution in [0.25, 0.3) is 11.0 Å². The topological polar surface area (TPSA) is 187 Å². The molecular weight excluding hydrogens is 1010 g/mol. The van der Waals surface area contributed by atoms with Crippen LogP contribution in [-0.4, -0.2) is 104 Å². The number of epoxide rings is 1. The summed E-state index contributed by atoms with van der Waals surface area (Å²) in [6.45, 7) is 17.1. The van der Waals surface area contributed by atoms with Gasteiger partial charge in [0.2, 0.25) is 0 Å². The Morgan fingerprint density at radius 2 is 1.63 bits per heavy atom. The van der Waals surface area contributed by atoms with Crippen molar-refractivity contribution in [2.75, 3.05) is 20.2 Å². The molecule has 13 rings (SSSR count). The van der Waals surface area contributed by atoms with Gasteiger partial charge in [-0.25, -0.2) is 0 Å². The summed E-state index contributed by atoms with van der Waals surface area (Å²) in [6, 6.07) is 6.69. The van der Waals surface area contributed by atoms with E-state index in [-0.39, 0.29) is 35.1 Å². The molecule has 7 aliphatic carbocycles. The maximum Gasteiger partial charge on any atom is 0.160 e. The zero-order chi connectivity index (χ0) is 57.1. The molecule has 12 nitrogen and oxygen atoms in total. The van der Waals surface area contributed by atoms with Gasteiger partial charge >= 0.3 is 0 Å². The number of ether oxygens (including phenoxy) is 2.